The average molecular weight is 261 g/mol. The zero-order chi connectivity index (χ0) is 12.9. The fourth-order valence-electron chi connectivity index (χ4n) is 2.47. The maximum atomic E-state index is 5.75. The fraction of sp³-hybridized carbons (Fsp3) is 0.667. The first kappa shape index (κ1) is 12.9. The minimum atomic E-state index is 0.743. The summed E-state index contributed by atoms with van der Waals surface area (Å²) in [7, 11) is 0. The van der Waals surface area contributed by atoms with Gasteiger partial charge in [0.25, 0.3) is 0 Å². The Kier molecular flexibility index (Phi) is 4.30. The molecule has 4 nitrogen and oxygen atoms in total. The molecule has 1 aromatic rings. The SMILES string of the molecule is c1cc(CNC2CC2)cc(OCCN2CCCC2)n1. The number of pyridine rings is 1. The Morgan fingerprint density at radius 2 is 2.16 bits per heavy atom. The van der Waals surface area contributed by atoms with Crippen LogP contribution in [0.4, 0.5) is 0 Å². The minimum Gasteiger partial charge on any atom is -0.476 e. The molecule has 0 atom stereocenters. The Morgan fingerprint density at radius 3 is 2.95 bits per heavy atom. The van der Waals surface area contributed by atoms with E-state index in [1.165, 1.54) is 44.3 Å². The van der Waals surface area contributed by atoms with Crippen LogP contribution in [0.2, 0.25) is 0 Å². The molecule has 1 saturated carbocycles. The Balaban J connectivity index is 1.42. The average Bonchev–Trinajstić information content (AvgIpc) is 3.13. The molecule has 2 heterocycles. The Labute approximate surface area is 115 Å². The van der Waals surface area contributed by atoms with E-state index in [0.29, 0.717) is 0 Å². The lowest BCUT2D eigenvalue weighted by atomic mass is 10.2. The summed E-state index contributed by atoms with van der Waals surface area (Å²) in [6.07, 6.45) is 7.16. The predicted molar refractivity (Wildman–Crippen MR) is 75.3 cm³/mol. The van der Waals surface area contributed by atoms with E-state index in [2.05, 4.69) is 27.3 Å². The van der Waals surface area contributed by atoms with Gasteiger partial charge in [-0.15, -0.1) is 0 Å². The van der Waals surface area contributed by atoms with Crippen molar-refractivity contribution in [3.05, 3.63) is 23.9 Å². The highest BCUT2D eigenvalue weighted by atomic mass is 16.5. The van der Waals surface area contributed by atoms with Crippen LogP contribution in [0.5, 0.6) is 5.88 Å². The van der Waals surface area contributed by atoms with Gasteiger partial charge in [-0.1, -0.05) is 0 Å². The van der Waals surface area contributed by atoms with Crippen LogP contribution in [0.25, 0.3) is 0 Å². The molecule has 4 heteroatoms. The van der Waals surface area contributed by atoms with Crippen molar-refractivity contribution in [3.63, 3.8) is 0 Å². The maximum Gasteiger partial charge on any atom is 0.213 e. The van der Waals surface area contributed by atoms with Crippen LogP contribution in [0.1, 0.15) is 31.2 Å². The largest absolute Gasteiger partial charge is 0.476 e. The first-order valence-electron chi connectivity index (χ1n) is 7.43. The monoisotopic (exact) mass is 261 g/mol. The summed E-state index contributed by atoms with van der Waals surface area (Å²) in [6.45, 7) is 5.14. The number of nitrogens with zero attached hydrogens (tertiary/aromatic N) is 2. The molecular weight excluding hydrogens is 238 g/mol. The number of ether oxygens (including phenoxy) is 1. The molecule has 1 N–H and O–H groups in total. The third-order valence-electron chi connectivity index (χ3n) is 3.83. The van der Waals surface area contributed by atoms with Gasteiger partial charge in [-0.25, -0.2) is 4.98 Å². The first-order valence-corrected chi connectivity index (χ1v) is 7.43. The Morgan fingerprint density at radius 1 is 1.32 bits per heavy atom. The highest BCUT2D eigenvalue weighted by Crippen LogP contribution is 2.19. The zero-order valence-corrected chi connectivity index (χ0v) is 11.5. The van der Waals surface area contributed by atoms with E-state index in [9.17, 15) is 0 Å². The van der Waals surface area contributed by atoms with Gasteiger partial charge in [0.1, 0.15) is 6.61 Å². The molecule has 0 bridgehead atoms. The molecule has 1 saturated heterocycles. The van der Waals surface area contributed by atoms with Crippen molar-refractivity contribution >= 4 is 0 Å². The molecule has 104 valence electrons. The van der Waals surface area contributed by atoms with Crippen LogP contribution in [-0.4, -0.2) is 42.2 Å². The van der Waals surface area contributed by atoms with Crippen LogP contribution in [-0.2, 0) is 6.54 Å². The molecule has 2 fully saturated rings. The van der Waals surface area contributed by atoms with Gasteiger partial charge in [-0.2, -0.15) is 0 Å². The maximum absolute atomic E-state index is 5.75. The fourth-order valence-corrected chi connectivity index (χ4v) is 2.47. The zero-order valence-electron chi connectivity index (χ0n) is 11.5. The lowest BCUT2D eigenvalue weighted by Gasteiger charge is -2.14. The van der Waals surface area contributed by atoms with Gasteiger partial charge < -0.3 is 10.1 Å². The molecule has 1 aromatic heterocycles. The number of hydrogen-bond acceptors (Lipinski definition) is 4. The molecule has 0 spiro atoms. The van der Waals surface area contributed by atoms with E-state index < -0.39 is 0 Å². The van der Waals surface area contributed by atoms with Crippen LogP contribution >= 0.6 is 0 Å². The molecule has 1 aliphatic heterocycles. The van der Waals surface area contributed by atoms with Crippen LogP contribution in [0.15, 0.2) is 18.3 Å². The van der Waals surface area contributed by atoms with Gasteiger partial charge >= 0.3 is 0 Å². The second kappa shape index (κ2) is 6.35. The molecule has 0 unspecified atom stereocenters. The quantitative estimate of drug-likeness (QED) is 0.812. The standard InChI is InChI=1S/C15H23N3O/c1-2-8-18(7-1)9-10-19-15-11-13(5-6-16-15)12-17-14-3-4-14/h5-6,11,14,17H,1-4,7-10,12H2. The van der Waals surface area contributed by atoms with E-state index in [4.69, 9.17) is 4.74 Å². The Hall–Kier alpha value is -1.13. The van der Waals surface area contributed by atoms with Gasteiger partial charge in [0, 0.05) is 31.4 Å². The normalized spacial score (nSPS) is 19.8. The van der Waals surface area contributed by atoms with Gasteiger partial charge in [0.2, 0.25) is 5.88 Å². The van der Waals surface area contributed by atoms with Crippen LogP contribution in [0, 0.1) is 0 Å². The molecule has 0 radical (unpaired) electrons. The molecule has 0 aromatic carbocycles. The molecule has 1 aliphatic carbocycles. The number of nitrogens with one attached hydrogen (secondary N) is 1. The van der Waals surface area contributed by atoms with E-state index in [0.717, 1.165) is 31.6 Å². The minimum absolute atomic E-state index is 0.743. The summed E-state index contributed by atoms with van der Waals surface area (Å²) in [6, 6.07) is 4.86. The van der Waals surface area contributed by atoms with Crippen molar-refractivity contribution in [1.82, 2.24) is 15.2 Å². The smallest absolute Gasteiger partial charge is 0.213 e. The van der Waals surface area contributed by atoms with Crippen LogP contribution in [0.3, 0.4) is 0 Å². The third kappa shape index (κ3) is 4.18. The molecule has 0 amide bonds. The second-order valence-corrected chi connectivity index (χ2v) is 5.55. The molecule has 19 heavy (non-hydrogen) atoms. The summed E-state index contributed by atoms with van der Waals surface area (Å²) in [5.74, 6) is 0.759. The lowest BCUT2D eigenvalue weighted by Crippen LogP contribution is -2.25. The van der Waals surface area contributed by atoms with Crippen molar-refractivity contribution in [2.45, 2.75) is 38.3 Å². The van der Waals surface area contributed by atoms with E-state index >= 15 is 0 Å². The summed E-state index contributed by atoms with van der Waals surface area (Å²) in [4.78, 5) is 6.73. The highest BCUT2D eigenvalue weighted by molar-refractivity contribution is 5.20. The van der Waals surface area contributed by atoms with Crippen molar-refractivity contribution in [3.8, 4) is 5.88 Å². The second-order valence-electron chi connectivity index (χ2n) is 5.55. The number of hydrogen-bond donors (Lipinski definition) is 1. The summed E-state index contributed by atoms with van der Waals surface area (Å²) in [5, 5.41) is 3.51. The summed E-state index contributed by atoms with van der Waals surface area (Å²) >= 11 is 0. The van der Waals surface area contributed by atoms with Crippen molar-refractivity contribution < 1.29 is 4.74 Å². The van der Waals surface area contributed by atoms with E-state index in [1.54, 1.807) is 0 Å². The molecule has 2 aliphatic rings. The Bertz CT molecular complexity index is 400. The number of aromatic nitrogens is 1. The van der Waals surface area contributed by atoms with Crippen molar-refractivity contribution in [2.75, 3.05) is 26.2 Å². The third-order valence-corrected chi connectivity index (χ3v) is 3.83. The molecule has 3 rings (SSSR count). The van der Waals surface area contributed by atoms with E-state index in [-0.39, 0.29) is 0 Å². The van der Waals surface area contributed by atoms with Crippen molar-refractivity contribution in [2.24, 2.45) is 0 Å². The van der Waals surface area contributed by atoms with Gasteiger partial charge in [-0.05, 0) is 50.4 Å². The lowest BCUT2D eigenvalue weighted by molar-refractivity contribution is 0.232. The highest BCUT2D eigenvalue weighted by Gasteiger charge is 2.19. The number of rotatable bonds is 7. The van der Waals surface area contributed by atoms with Crippen LogP contribution < -0.4 is 10.1 Å². The molecular formula is C15H23N3O. The van der Waals surface area contributed by atoms with Gasteiger partial charge in [0.05, 0.1) is 0 Å². The van der Waals surface area contributed by atoms with Crippen molar-refractivity contribution in [1.29, 1.82) is 0 Å². The van der Waals surface area contributed by atoms with Gasteiger partial charge in [0.15, 0.2) is 0 Å². The predicted octanol–water partition coefficient (Wildman–Crippen LogP) is 1.81. The number of likely N-dealkylation sites (tertiary alicyclic amines) is 1. The summed E-state index contributed by atoms with van der Waals surface area (Å²) < 4.78 is 5.75. The topological polar surface area (TPSA) is 37.4 Å². The van der Waals surface area contributed by atoms with Gasteiger partial charge in [-0.3, -0.25) is 4.90 Å². The van der Waals surface area contributed by atoms with E-state index in [1.807, 2.05) is 6.20 Å². The first-order chi connectivity index (χ1) is 9.40. The summed E-state index contributed by atoms with van der Waals surface area (Å²) in [5.41, 5.74) is 1.26.